The molecule has 25 heavy (non-hydrogen) atoms. The minimum absolute atomic E-state index is 0.462. The van der Waals surface area contributed by atoms with Crippen LogP contribution in [0.2, 0.25) is 0 Å². The lowest BCUT2D eigenvalue weighted by atomic mass is 9.60. The molecule has 1 N–H and O–H groups in total. The van der Waals surface area contributed by atoms with Crippen LogP contribution in [0, 0.1) is 5.41 Å². The Kier molecular flexibility index (Phi) is 5.39. The highest BCUT2D eigenvalue weighted by atomic mass is 16.5. The first-order valence-electron chi connectivity index (χ1n) is 10.3. The van der Waals surface area contributed by atoms with Crippen molar-refractivity contribution in [3.8, 4) is 0 Å². The van der Waals surface area contributed by atoms with E-state index in [1.165, 1.54) is 63.6 Å². The minimum Gasteiger partial charge on any atom is -0.378 e. The van der Waals surface area contributed by atoms with Crippen LogP contribution in [-0.2, 0) is 11.3 Å². The molecule has 1 saturated heterocycles. The maximum atomic E-state index is 6.07. The molecule has 1 spiro atoms. The number of aromatic nitrogens is 1. The predicted octanol–water partition coefficient (Wildman–Crippen LogP) is 3.37. The largest absolute Gasteiger partial charge is 0.378 e. The van der Waals surface area contributed by atoms with Crippen molar-refractivity contribution in [1.82, 2.24) is 15.2 Å². The van der Waals surface area contributed by atoms with Crippen LogP contribution in [0.4, 0.5) is 0 Å². The van der Waals surface area contributed by atoms with E-state index in [0.29, 0.717) is 23.6 Å². The van der Waals surface area contributed by atoms with Crippen LogP contribution in [0.15, 0.2) is 24.5 Å². The smallest absolute Gasteiger partial charge is 0.0661 e. The molecule has 4 heteroatoms. The first-order chi connectivity index (χ1) is 12.3. The molecule has 1 aromatic rings. The van der Waals surface area contributed by atoms with Gasteiger partial charge in [-0.15, -0.1) is 0 Å². The second-order valence-electron chi connectivity index (χ2n) is 8.25. The Bertz CT molecular complexity index is 535. The van der Waals surface area contributed by atoms with E-state index >= 15 is 0 Å². The summed E-state index contributed by atoms with van der Waals surface area (Å²) >= 11 is 0. The van der Waals surface area contributed by atoms with E-state index in [-0.39, 0.29) is 0 Å². The Morgan fingerprint density at radius 2 is 1.92 bits per heavy atom. The molecule has 2 heterocycles. The Hall–Kier alpha value is -0.970. The lowest BCUT2D eigenvalue weighted by Crippen LogP contribution is -2.65. The maximum Gasteiger partial charge on any atom is 0.0661 e. The van der Waals surface area contributed by atoms with Crippen molar-refractivity contribution >= 4 is 0 Å². The molecule has 138 valence electrons. The number of hydrogen-bond donors (Lipinski definition) is 1. The van der Waals surface area contributed by atoms with Crippen molar-refractivity contribution in [3.63, 3.8) is 0 Å². The SMILES string of the molecule is CCO[C@@H]1C[C@H](NC2CCN(Cc3ccncc3)CC2)C12CCCC2. The van der Waals surface area contributed by atoms with Crippen LogP contribution in [0.3, 0.4) is 0 Å². The normalized spacial score (nSPS) is 29.8. The van der Waals surface area contributed by atoms with E-state index in [1.807, 2.05) is 12.4 Å². The van der Waals surface area contributed by atoms with E-state index < -0.39 is 0 Å². The molecule has 0 unspecified atom stereocenters. The standard InChI is InChI=1S/C21H33N3O/c1-2-25-20-15-19(21(20)9-3-4-10-21)23-18-7-13-24(14-8-18)16-17-5-11-22-12-6-17/h5-6,11-12,18-20,23H,2-4,7-10,13-16H2,1H3/t19-,20+/m0/s1. The van der Waals surface area contributed by atoms with Gasteiger partial charge in [-0.1, -0.05) is 12.8 Å². The zero-order valence-corrected chi connectivity index (χ0v) is 15.6. The second kappa shape index (κ2) is 7.73. The number of ether oxygens (including phenoxy) is 1. The Labute approximate surface area is 152 Å². The molecule has 4 nitrogen and oxygen atoms in total. The van der Waals surface area contributed by atoms with E-state index in [9.17, 15) is 0 Å². The van der Waals surface area contributed by atoms with Gasteiger partial charge in [0.1, 0.15) is 0 Å². The highest BCUT2D eigenvalue weighted by Crippen LogP contribution is 2.55. The van der Waals surface area contributed by atoms with Crippen LogP contribution < -0.4 is 5.32 Å². The van der Waals surface area contributed by atoms with Gasteiger partial charge in [0.05, 0.1) is 6.10 Å². The van der Waals surface area contributed by atoms with Gasteiger partial charge in [-0.25, -0.2) is 0 Å². The first-order valence-corrected chi connectivity index (χ1v) is 10.3. The fourth-order valence-corrected chi connectivity index (χ4v) is 5.41. The molecule has 0 bridgehead atoms. The van der Waals surface area contributed by atoms with Crippen LogP contribution >= 0.6 is 0 Å². The van der Waals surface area contributed by atoms with Crippen molar-refractivity contribution in [2.45, 2.75) is 76.6 Å². The minimum atomic E-state index is 0.462. The zero-order chi connectivity index (χ0) is 17.1. The third kappa shape index (κ3) is 3.62. The summed E-state index contributed by atoms with van der Waals surface area (Å²) in [7, 11) is 0. The lowest BCUT2D eigenvalue weighted by molar-refractivity contribution is -0.133. The number of pyridine rings is 1. The highest BCUT2D eigenvalue weighted by Gasteiger charge is 2.56. The van der Waals surface area contributed by atoms with Gasteiger partial charge in [0.15, 0.2) is 0 Å². The van der Waals surface area contributed by atoms with Crippen LogP contribution in [0.1, 0.15) is 57.4 Å². The van der Waals surface area contributed by atoms with Crippen molar-refractivity contribution in [1.29, 1.82) is 0 Å². The van der Waals surface area contributed by atoms with Crippen molar-refractivity contribution in [2.75, 3.05) is 19.7 Å². The second-order valence-corrected chi connectivity index (χ2v) is 8.25. The molecule has 2 saturated carbocycles. The molecular formula is C21H33N3O. The van der Waals surface area contributed by atoms with Gasteiger partial charge in [-0.2, -0.15) is 0 Å². The van der Waals surface area contributed by atoms with Crippen molar-refractivity contribution in [3.05, 3.63) is 30.1 Å². The topological polar surface area (TPSA) is 37.4 Å². The Morgan fingerprint density at radius 1 is 1.20 bits per heavy atom. The molecule has 1 aliphatic heterocycles. The maximum absolute atomic E-state index is 6.07. The van der Waals surface area contributed by atoms with Gasteiger partial charge >= 0.3 is 0 Å². The first kappa shape index (κ1) is 17.4. The van der Waals surface area contributed by atoms with Gasteiger partial charge < -0.3 is 10.1 Å². The molecule has 0 radical (unpaired) electrons. The highest BCUT2D eigenvalue weighted by molar-refractivity contribution is 5.11. The van der Waals surface area contributed by atoms with Crippen LogP contribution in [-0.4, -0.2) is 47.8 Å². The number of nitrogens with zero attached hydrogens (tertiary/aromatic N) is 2. The summed E-state index contributed by atoms with van der Waals surface area (Å²) in [5.74, 6) is 0. The fourth-order valence-electron chi connectivity index (χ4n) is 5.41. The molecule has 0 aromatic carbocycles. The molecule has 0 amide bonds. The van der Waals surface area contributed by atoms with E-state index in [0.717, 1.165) is 13.2 Å². The van der Waals surface area contributed by atoms with Crippen LogP contribution in [0.5, 0.6) is 0 Å². The van der Waals surface area contributed by atoms with Crippen molar-refractivity contribution < 1.29 is 4.74 Å². The van der Waals surface area contributed by atoms with Crippen molar-refractivity contribution in [2.24, 2.45) is 5.41 Å². The van der Waals surface area contributed by atoms with Gasteiger partial charge in [-0.3, -0.25) is 9.88 Å². The summed E-state index contributed by atoms with van der Waals surface area (Å²) in [6, 6.07) is 5.66. The third-order valence-electron chi connectivity index (χ3n) is 6.87. The van der Waals surface area contributed by atoms with Gasteiger partial charge in [-0.05, 0) is 69.8 Å². The summed E-state index contributed by atoms with van der Waals surface area (Å²) in [6.45, 7) is 6.48. The average Bonchev–Trinajstić information content (AvgIpc) is 3.16. The van der Waals surface area contributed by atoms with Gasteiger partial charge in [0, 0.05) is 43.0 Å². The monoisotopic (exact) mass is 343 g/mol. The Balaban J connectivity index is 1.26. The molecule has 3 aliphatic rings. The van der Waals surface area contributed by atoms with E-state index in [1.54, 1.807) is 0 Å². The van der Waals surface area contributed by atoms with Crippen LogP contribution in [0.25, 0.3) is 0 Å². The quantitative estimate of drug-likeness (QED) is 0.859. The van der Waals surface area contributed by atoms with E-state index in [2.05, 4.69) is 34.3 Å². The summed E-state index contributed by atoms with van der Waals surface area (Å²) in [6.07, 6.45) is 13.6. The number of nitrogens with one attached hydrogen (secondary N) is 1. The summed E-state index contributed by atoms with van der Waals surface area (Å²) in [5.41, 5.74) is 1.84. The number of rotatable bonds is 6. The van der Waals surface area contributed by atoms with Gasteiger partial charge in [0.25, 0.3) is 0 Å². The lowest BCUT2D eigenvalue weighted by Gasteiger charge is -2.55. The summed E-state index contributed by atoms with van der Waals surface area (Å²) < 4.78 is 6.07. The molecule has 2 atom stereocenters. The Morgan fingerprint density at radius 3 is 2.60 bits per heavy atom. The molecule has 3 fully saturated rings. The molecule has 4 rings (SSSR count). The third-order valence-corrected chi connectivity index (χ3v) is 6.87. The summed E-state index contributed by atoms with van der Waals surface area (Å²) in [5, 5.41) is 4.04. The molecule has 2 aliphatic carbocycles. The number of piperidine rings is 1. The van der Waals surface area contributed by atoms with E-state index in [4.69, 9.17) is 4.74 Å². The predicted molar refractivity (Wildman–Crippen MR) is 100 cm³/mol. The number of likely N-dealkylation sites (tertiary alicyclic amines) is 1. The molecule has 1 aromatic heterocycles. The van der Waals surface area contributed by atoms with Gasteiger partial charge in [0.2, 0.25) is 0 Å². The molecular weight excluding hydrogens is 310 g/mol. The zero-order valence-electron chi connectivity index (χ0n) is 15.6. The number of hydrogen-bond acceptors (Lipinski definition) is 4. The summed E-state index contributed by atoms with van der Waals surface area (Å²) in [4.78, 5) is 6.70. The average molecular weight is 344 g/mol. The fraction of sp³-hybridized carbons (Fsp3) is 0.762.